The summed E-state index contributed by atoms with van der Waals surface area (Å²) < 4.78 is 10.1. The van der Waals surface area contributed by atoms with Crippen LogP contribution in [0.2, 0.25) is 0 Å². The number of ether oxygens (including phenoxy) is 1. The first-order valence-corrected chi connectivity index (χ1v) is 8.87. The molecule has 6 heteroatoms. The second kappa shape index (κ2) is 6.23. The van der Waals surface area contributed by atoms with Crippen LogP contribution in [0.4, 0.5) is 0 Å². The molecule has 1 fully saturated rings. The average molecular weight is 323 g/mol. The maximum absolute atomic E-state index is 11.4. The fraction of sp³-hybridized carbons (Fsp3) is 0.467. The Morgan fingerprint density at radius 1 is 1.57 bits per heavy atom. The third kappa shape index (κ3) is 3.68. The van der Waals surface area contributed by atoms with Crippen LogP contribution in [0.1, 0.15) is 25.0 Å². The number of aromatic nitrogens is 1. The molecule has 21 heavy (non-hydrogen) atoms. The van der Waals surface area contributed by atoms with E-state index in [2.05, 4.69) is 10.4 Å². The maximum Gasteiger partial charge on any atom is 0.306 e. The first-order valence-electron chi connectivity index (χ1n) is 6.84. The Morgan fingerprint density at radius 3 is 3.10 bits per heavy atom. The van der Waals surface area contributed by atoms with Crippen molar-refractivity contribution >= 4 is 29.1 Å². The molecule has 0 atom stereocenters. The van der Waals surface area contributed by atoms with Crippen molar-refractivity contribution in [1.29, 1.82) is 0 Å². The van der Waals surface area contributed by atoms with Gasteiger partial charge in [0.1, 0.15) is 0 Å². The number of methoxy groups -OCH3 is 1. The summed E-state index contributed by atoms with van der Waals surface area (Å²) in [5, 5.41) is 3.00. The molecule has 0 bridgehead atoms. The molecule has 0 aliphatic heterocycles. The summed E-state index contributed by atoms with van der Waals surface area (Å²) in [6.07, 6.45) is 4.47. The summed E-state index contributed by atoms with van der Waals surface area (Å²) in [5.74, 6) is 2.60. The lowest BCUT2D eigenvalue weighted by molar-refractivity contribution is -0.141. The minimum atomic E-state index is -0.0955. The molecule has 0 radical (unpaired) electrons. The molecule has 0 N–H and O–H groups in total. The summed E-state index contributed by atoms with van der Waals surface area (Å²) in [6.45, 7) is 0. The van der Waals surface area contributed by atoms with Gasteiger partial charge in [0.15, 0.2) is 10.8 Å². The summed E-state index contributed by atoms with van der Waals surface area (Å²) >= 11 is 3.45. The molecule has 2 aromatic heterocycles. The van der Waals surface area contributed by atoms with Crippen LogP contribution >= 0.6 is 23.1 Å². The monoisotopic (exact) mass is 323 g/mol. The average Bonchev–Trinajstić information content (AvgIpc) is 2.93. The van der Waals surface area contributed by atoms with Gasteiger partial charge in [-0.15, -0.1) is 11.3 Å². The van der Waals surface area contributed by atoms with Gasteiger partial charge < -0.3 is 9.15 Å². The Kier molecular flexibility index (Phi) is 4.35. The van der Waals surface area contributed by atoms with Crippen LogP contribution in [0.15, 0.2) is 28.2 Å². The van der Waals surface area contributed by atoms with Gasteiger partial charge in [0.25, 0.3) is 0 Å². The predicted molar refractivity (Wildman–Crippen MR) is 84.3 cm³/mol. The lowest BCUT2D eigenvalue weighted by Crippen LogP contribution is -2.13. The van der Waals surface area contributed by atoms with E-state index >= 15 is 0 Å². The van der Waals surface area contributed by atoms with E-state index < -0.39 is 0 Å². The number of esters is 1. The van der Waals surface area contributed by atoms with Gasteiger partial charge in [-0.2, -0.15) is 11.8 Å². The molecule has 0 unspecified atom stereocenters. The van der Waals surface area contributed by atoms with Gasteiger partial charge in [0, 0.05) is 11.1 Å². The van der Waals surface area contributed by atoms with E-state index in [-0.39, 0.29) is 11.4 Å². The van der Waals surface area contributed by atoms with Crippen molar-refractivity contribution in [3.05, 3.63) is 29.5 Å². The highest BCUT2D eigenvalue weighted by atomic mass is 32.2. The van der Waals surface area contributed by atoms with Crippen LogP contribution < -0.4 is 0 Å². The van der Waals surface area contributed by atoms with E-state index in [1.54, 1.807) is 17.6 Å². The van der Waals surface area contributed by atoms with Crippen molar-refractivity contribution in [3.8, 4) is 10.8 Å². The lowest BCUT2D eigenvalue weighted by Gasteiger charge is -2.12. The Bertz CT molecular complexity index is 602. The molecule has 0 aromatic carbocycles. The number of carbonyl (C=O) groups excluding carboxylic acids is 1. The molecule has 0 amide bonds. The Balaban J connectivity index is 1.49. The topological polar surface area (TPSA) is 52.3 Å². The number of thiazole rings is 1. The van der Waals surface area contributed by atoms with E-state index in [1.165, 1.54) is 7.11 Å². The molecule has 1 saturated carbocycles. The fourth-order valence-electron chi connectivity index (χ4n) is 2.19. The molecule has 1 aliphatic rings. The number of hydrogen-bond acceptors (Lipinski definition) is 6. The van der Waals surface area contributed by atoms with E-state index in [1.807, 2.05) is 23.9 Å². The summed E-state index contributed by atoms with van der Waals surface area (Å²) in [7, 11) is 1.46. The quantitative estimate of drug-likeness (QED) is 0.721. The summed E-state index contributed by atoms with van der Waals surface area (Å²) in [5.41, 5.74) is 1.25. The number of hydrogen-bond donors (Lipinski definition) is 0. The smallest absolute Gasteiger partial charge is 0.306 e. The van der Waals surface area contributed by atoms with Gasteiger partial charge in [0.05, 0.1) is 25.5 Å². The van der Waals surface area contributed by atoms with E-state index in [4.69, 9.17) is 9.15 Å². The van der Waals surface area contributed by atoms with E-state index in [9.17, 15) is 4.79 Å². The molecule has 4 nitrogen and oxygen atoms in total. The largest absolute Gasteiger partial charge is 0.469 e. The van der Waals surface area contributed by atoms with Crippen LogP contribution in [-0.4, -0.2) is 23.8 Å². The minimum Gasteiger partial charge on any atom is -0.469 e. The standard InChI is InChI=1S/C15H17NO3S2/c1-18-13(17)7-15(4-5-15)10-20-8-11-9-21-14(16-11)12-3-2-6-19-12/h2-3,6,9H,4-5,7-8,10H2,1H3. The van der Waals surface area contributed by atoms with Crippen molar-refractivity contribution in [2.45, 2.75) is 25.0 Å². The molecule has 0 saturated heterocycles. The van der Waals surface area contributed by atoms with Gasteiger partial charge in [-0.1, -0.05) is 0 Å². The molecule has 1 aliphatic carbocycles. The van der Waals surface area contributed by atoms with Crippen LogP contribution in [0.3, 0.4) is 0 Å². The highest BCUT2D eigenvalue weighted by molar-refractivity contribution is 7.98. The van der Waals surface area contributed by atoms with Crippen LogP contribution in [0.5, 0.6) is 0 Å². The molecule has 3 rings (SSSR count). The van der Waals surface area contributed by atoms with E-state index in [0.29, 0.717) is 6.42 Å². The summed E-state index contributed by atoms with van der Waals surface area (Å²) in [4.78, 5) is 16.0. The SMILES string of the molecule is COC(=O)CC1(CSCc2csc(-c3ccco3)n2)CC1. The van der Waals surface area contributed by atoms with Crippen molar-refractivity contribution in [1.82, 2.24) is 4.98 Å². The van der Waals surface area contributed by atoms with Crippen molar-refractivity contribution in [3.63, 3.8) is 0 Å². The van der Waals surface area contributed by atoms with Crippen LogP contribution in [-0.2, 0) is 15.3 Å². The molecule has 2 heterocycles. The number of nitrogens with zero attached hydrogens (tertiary/aromatic N) is 1. The van der Waals surface area contributed by atoms with Crippen molar-refractivity contribution < 1.29 is 13.9 Å². The zero-order chi connectivity index (χ0) is 14.7. The van der Waals surface area contributed by atoms with Gasteiger partial charge in [-0.05, 0) is 36.1 Å². The van der Waals surface area contributed by atoms with Crippen LogP contribution in [0, 0.1) is 5.41 Å². The van der Waals surface area contributed by atoms with E-state index in [0.717, 1.165) is 40.8 Å². The normalized spacial score (nSPS) is 15.9. The van der Waals surface area contributed by atoms with Crippen LogP contribution in [0.25, 0.3) is 10.8 Å². The highest BCUT2D eigenvalue weighted by Crippen LogP contribution is 2.51. The number of rotatable bonds is 7. The fourth-order valence-corrected chi connectivity index (χ4v) is 4.36. The third-order valence-electron chi connectivity index (χ3n) is 3.65. The van der Waals surface area contributed by atoms with Crippen molar-refractivity contribution in [2.24, 2.45) is 5.41 Å². The molecule has 112 valence electrons. The van der Waals surface area contributed by atoms with Gasteiger partial charge in [-0.3, -0.25) is 4.79 Å². The Morgan fingerprint density at radius 2 is 2.43 bits per heavy atom. The highest BCUT2D eigenvalue weighted by Gasteiger charge is 2.44. The Hall–Kier alpha value is -1.27. The molecular weight excluding hydrogens is 306 g/mol. The third-order valence-corrected chi connectivity index (χ3v) is 5.87. The van der Waals surface area contributed by atoms with Gasteiger partial charge >= 0.3 is 5.97 Å². The first-order chi connectivity index (χ1) is 10.2. The van der Waals surface area contributed by atoms with Gasteiger partial charge in [-0.25, -0.2) is 4.98 Å². The second-order valence-corrected chi connectivity index (χ2v) is 7.21. The zero-order valence-electron chi connectivity index (χ0n) is 11.8. The van der Waals surface area contributed by atoms with Gasteiger partial charge in [0.2, 0.25) is 0 Å². The maximum atomic E-state index is 11.4. The number of thioether (sulfide) groups is 1. The predicted octanol–water partition coefficient (Wildman–Crippen LogP) is 3.98. The van der Waals surface area contributed by atoms with Crippen molar-refractivity contribution in [2.75, 3.05) is 12.9 Å². The molecular formula is C15H17NO3S2. The zero-order valence-corrected chi connectivity index (χ0v) is 13.5. The molecule has 0 spiro atoms. The number of carbonyl (C=O) groups is 1. The first kappa shape index (κ1) is 14.7. The Labute approximate surface area is 131 Å². The lowest BCUT2D eigenvalue weighted by atomic mass is 10.1. The number of furan rings is 1. The molecule has 2 aromatic rings. The summed E-state index contributed by atoms with van der Waals surface area (Å²) in [6, 6.07) is 3.79. The second-order valence-electron chi connectivity index (χ2n) is 5.37. The minimum absolute atomic E-state index is 0.0955.